The van der Waals surface area contributed by atoms with E-state index in [-0.39, 0.29) is 23.1 Å². The SMILES string of the molecule is COc1nc(-c2cccc(-c3cccc(NC(=O)c4cn(C)c(=O)n(C)c4=O)c3C)c2Cl)cc2c1C(N1CCC3(CCC(=O)N3)C1)CC2. The van der Waals surface area contributed by atoms with Crippen LogP contribution in [0.25, 0.3) is 22.4 Å². The van der Waals surface area contributed by atoms with Crippen molar-refractivity contribution < 1.29 is 14.3 Å². The van der Waals surface area contributed by atoms with Crippen LogP contribution in [0.4, 0.5) is 5.69 Å². The Labute approximate surface area is 282 Å². The number of nitrogens with zero attached hydrogens (tertiary/aromatic N) is 4. The summed E-state index contributed by atoms with van der Waals surface area (Å²) in [6, 6.07) is 13.6. The van der Waals surface area contributed by atoms with Gasteiger partial charge in [-0.05, 0) is 61.4 Å². The van der Waals surface area contributed by atoms with Crippen molar-refractivity contribution in [3.8, 4) is 28.3 Å². The number of methoxy groups -OCH3 is 1. The summed E-state index contributed by atoms with van der Waals surface area (Å²) >= 11 is 7.15. The fourth-order valence-electron chi connectivity index (χ4n) is 7.65. The van der Waals surface area contributed by atoms with Crippen molar-refractivity contribution in [3.05, 3.63) is 96.8 Å². The summed E-state index contributed by atoms with van der Waals surface area (Å²) in [7, 11) is 4.48. The molecule has 2 atom stereocenters. The van der Waals surface area contributed by atoms with E-state index in [9.17, 15) is 19.2 Å². The molecule has 2 fully saturated rings. The quantitative estimate of drug-likeness (QED) is 0.312. The van der Waals surface area contributed by atoms with Gasteiger partial charge in [-0.25, -0.2) is 9.78 Å². The Bertz CT molecular complexity index is 2120. The van der Waals surface area contributed by atoms with E-state index in [1.54, 1.807) is 13.2 Å². The Morgan fingerprint density at radius 2 is 1.81 bits per heavy atom. The summed E-state index contributed by atoms with van der Waals surface area (Å²) in [6.07, 6.45) is 5.53. The molecule has 0 radical (unpaired) electrons. The van der Waals surface area contributed by atoms with E-state index in [0.717, 1.165) is 71.2 Å². The van der Waals surface area contributed by atoms with Crippen molar-refractivity contribution in [3.63, 3.8) is 0 Å². The van der Waals surface area contributed by atoms with Crippen molar-refractivity contribution in [2.75, 3.05) is 25.5 Å². The number of hydrogen-bond donors (Lipinski definition) is 2. The third kappa shape index (κ3) is 5.31. The lowest BCUT2D eigenvalue weighted by Gasteiger charge is -2.28. The molecule has 1 aliphatic carbocycles. The number of rotatable bonds is 6. The second kappa shape index (κ2) is 12.1. The Morgan fingerprint density at radius 3 is 2.56 bits per heavy atom. The highest BCUT2D eigenvalue weighted by molar-refractivity contribution is 6.36. The molecule has 0 bridgehead atoms. The molecule has 2 amide bonds. The van der Waals surface area contributed by atoms with Crippen molar-refractivity contribution in [1.29, 1.82) is 0 Å². The van der Waals surface area contributed by atoms with Gasteiger partial charge in [0.15, 0.2) is 0 Å². The highest BCUT2D eigenvalue weighted by Crippen LogP contribution is 2.47. The topological polar surface area (TPSA) is 128 Å². The summed E-state index contributed by atoms with van der Waals surface area (Å²) in [5.41, 5.74) is 5.17. The zero-order valence-electron chi connectivity index (χ0n) is 27.4. The first-order valence-electron chi connectivity index (χ1n) is 16.1. The average Bonchev–Trinajstić information content (AvgIpc) is 3.80. The molecule has 2 unspecified atom stereocenters. The van der Waals surface area contributed by atoms with Crippen LogP contribution < -0.4 is 26.6 Å². The Balaban J connectivity index is 1.19. The molecule has 7 rings (SSSR count). The lowest BCUT2D eigenvalue weighted by atomic mass is 9.96. The number of aryl methyl sites for hydroxylation is 2. The minimum atomic E-state index is -0.671. The predicted octanol–water partition coefficient (Wildman–Crippen LogP) is 4.38. The fraction of sp³-hybridized carbons (Fsp3) is 0.361. The second-order valence-electron chi connectivity index (χ2n) is 13.1. The molecule has 3 aliphatic rings. The highest BCUT2D eigenvalue weighted by atomic mass is 35.5. The minimum absolute atomic E-state index is 0.120. The van der Waals surface area contributed by atoms with E-state index in [2.05, 4.69) is 21.6 Å². The molecule has 0 saturated carbocycles. The van der Waals surface area contributed by atoms with Gasteiger partial charge in [-0.3, -0.25) is 23.9 Å². The molecule has 12 heteroatoms. The maximum atomic E-state index is 13.2. The van der Waals surface area contributed by atoms with Crippen LogP contribution in [-0.4, -0.2) is 56.6 Å². The van der Waals surface area contributed by atoms with Crippen LogP contribution in [0.5, 0.6) is 5.88 Å². The van der Waals surface area contributed by atoms with E-state index < -0.39 is 17.2 Å². The molecular weight excluding hydrogens is 632 g/mol. The van der Waals surface area contributed by atoms with Crippen LogP contribution in [-0.2, 0) is 25.3 Å². The number of nitrogens with one attached hydrogen (secondary N) is 2. The van der Waals surface area contributed by atoms with Gasteiger partial charge in [-0.2, -0.15) is 0 Å². The number of carbonyl (C=O) groups excluding carboxylic acids is 2. The van der Waals surface area contributed by atoms with Gasteiger partial charge >= 0.3 is 5.69 Å². The number of amides is 2. The zero-order chi connectivity index (χ0) is 33.9. The van der Waals surface area contributed by atoms with Crippen LogP contribution in [0.2, 0.25) is 5.02 Å². The van der Waals surface area contributed by atoms with Gasteiger partial charge in [0.05, 0.1) is 23.4 Å². The van der Waals surface area contributed by atoms with Crippen LogP contribution in [0, 0.1) is 6.92 Å². The average molecular weight is 669 g/mol. The fourth-order valence-corrected chi connectivity index (χ4v) is 7.97. The molecule has 4 aromatic rings. The first kappa shape index (κ1) is 31.8. The van der Waals surface area contributed by atoms with Crippen molar-refractivity contribution in [2.24, 2.45) is 14.1 Å². The van der Waals surface area contributed by atoms with Gasteiger partial charge in [0.1, 0.15) is 5.56 Å². The van der Waals surface area contributed by atoms with Gasteiger partial charge in [-0.15, -0.1) is 0 Å². The number of carbonyl (C=O) groups is 2. The standard InChI is InChI=1S/C36H37ClN6O5/c1-20-22(7-6-10-26(20)38-32(45)25-18-41(2)35(47)42(3)34(25)46)23-8-5-9-24(31(23)37)27-17-21-11-12-28(30(21)33(39-27)48-4)43-16-15-36(19-43)14-13-29(44)40-36/h5-10,17-18,28H,11-16,19H2,1-4H3,(H,38,45)(H,40,44). The predicted molar refractivity (Wildman–Crippen MR) is 184 cm³/mol. The summed E-state index contributed by atoms with van der Waals surface area (Å²) in [5.74, 6) is 0.121. The summed E-state index contributed by atoms with van der Waals surface area (Å²) < 4.78 is 8.01. The zero-order valence-corrected chi connectivity index (χ0v) is 28.1. The van der Waals surface area contributed by atoms with Gasteiger partial charge < -0.3 is 19.9 Å². The number of likely N-dealkylation sites (tertiary alicyclic amines) is 1. The molecule has 1 spiro atoms. The molecule has 11 nitrogen and oxygen atoms in total. The van der Waals surface area contributed by atoms with E-state index in [0.29, 0.717) is 28.7 Å². The van der Waals surface area contributed by atoms with Gasteiger partial charge in [-0.1, -0.05) is 41.9 Å². The van der Waals surface area contributed by atoms with Crippen molar-refractivity contribution in [2.45, 2.75) is 50.6 Å². The molecule has 2 saturated heterocycles. The summed E-state index contributed by atoms with van der Waals surface area (Å²) in [5, 5.41) is 6.59. The maximum Gasteiger partial charge on any atom is 0.330 e. The van der Waals surface area contributed by atoms with Crippen LogP contribution in [0.3, 0.4) is 0 Å². The van der Waals surface area contributed by atoms with Crippen molar-refractivity contribution >= 4 is 29.1 Å². The van der Waals surface area contributed by atoms with E-state index in [1.807, 2.05) is 37.3 Å². The summed E-state index contributed by atoms with van der Waals surface area (Å²) in [6.45, 7) is 3.63. The highest BCUT2D eigenvalue weighted by Gasteiger charge is 2.46. The number of anilines is 1. The van der Waals surface area contributed by atoms with E-state index in [1.165, 1.54) is 30.4 Å². The molecule has 4 heterocycles. The smallest absolute Gasteiger partial charge is 0.330 e. The molecule has 2 aromatic heterocycles. The normalized spacial score (nSPS) is 20.3. The number of hydrogen-bond acceptors (Lipinski definition) is 7. The second-order valence-corrected chi connectivity index (χ2v) is 13.5. The number of fused-ring (bicyclic) bond motifs is 1. The molecule has 48 heavy (non-hydrogen) atoms. The van der Waals surface area contributed by atoms with Crippen LogP contribution in [0.1, 0.15) is 58.8 Å². The van der Waals surface area contributed by atoms with Gasteiger partial charge in [0, 0.05) is 68.2 Å². The summed E-state index contributed by atoms with van der Waals surface area (Å²) in [4.78, 5) is 57.4. The number of ether oxygens (including phenoxy) is 1. The molecule has 248 valence electrons. The number of halogens is 1. The molecular formula is C36H37ClN6O5. The first-order chi connectivity index (χ1) is 23.0. The van der Waals surface area contributed by atoms with Gasteiger partial charge in [0.2, 0.25) is 11.8 Å². The lowest BCUT2D eigenvalue weighted by molar-refractivity contribution is -0.119. The van der Waals surface area contributed by atoms with E-state index >= 15 is 0 Å². The largest absolute Gasteiger partial charge is 0.481 e. The Morgan fingerprint density at radius 1 is 1.06 bits per heavy atom. The number of benzene rings is 2. The monoisotopic (exact) mass is 668 g/mol. The van der Waals surface area contributed by atoms with Crippen molar-refractivity contribution in [1.82, 2.24) is 24.3 Å². The number of pyridine rings is 1. The molecule has 2 aliphatic heterocycles. The van der Waals surface area contributed by atoms with Crippen LogP contribution in [0.15, 0.2) is 58.3 Å². The van der Waals surface area contributed by atoms with E-state index in [4.69, 9.17) is 21.3 Å². The molecule has 2 aromatic carbocycles. The first-order valence-corrected chi connectivity index (χ1v) is 16.5. The van der Waals surface area contributed by atoms with Gasteiger partial charge in [0.25, 0.3) is 11.5 Å². The molecule has 2 N–H and O–H groups in total. The number of aromatic nitrogens is 3. The third-order valence-electron chi connectivity index (χ3n) is 10.2. The Kier molecular flexibility index (Phi) is 7.99. The van der Waals surface area contributed by atoms with Crippen LogP contribution >= 0.6 is 11.6 Å². The third-order valence-corrected chi connectivity index (χ3v) is 10.6. The Hall–Kier alpha value is -4.74. The minimum Gasteiger partial charge on any atom is -0.481 e. The lowest BCUT2D eigenvalue weighted by Crippen LogP contribution is -2.44. The maximum absolute atomic E-state index is 13.2.